The van der Waals surface area contributed by atoms with Crippen molar-refractivity contribution in [3.8, 4) is 0 Å². The fourth-order valence-corrected chi connectivity index (χ4v) is 1.72. The van der Waals surface area contributed by atoms with E-state index >= 15 is 0 Å². The molecule has 0 aromatic heterocycles. The summed E-state index contributed by atoms with van der Waals surface area (Å²) in [6, 6.07) is 9.87. The van der Waals surface area contributed by atoms with E-state index in [1.165, 1.54) is 0 Å². The molecule has 2 rings (SSSR count). The summed E-state index contributed by atoms with van der Waals surface area (Å²) < 4.78 is 0. The molecule has 1 fully saturated rings. The second-order valence-electron chi connectivity index (χ2n) is 4.07. The van der Waals surface area contributed by atoms with E-state index in [0.29, 0.717) is 18.7 Å². The van der Waals surface area contributed by atoms with Gasteiger partial charge in [0.2, 0.25) is 0 Å². The molecule has 0 aliphatic heterocycles. The molecule has 0 amide bonds. The van der Waals surface area contributed by atoms with E-state index in [-0.39, 0.29) is 5.41 Å². The maximum Gasteiger partial charge on any atom is 0.144 e. The molecule has 1 saturated carbocycles. The van der Waals surface area contributed by atoms with Crippen LogP contribution >= 0.6 is 0 Å². The van der Waals surface area contributed by atoms with Crippen molar-refractivity contribution in [2.75, 3.05) is 6.54 Å². The number of hydrogen-bond acceptors (Lipinski definition) is 2. The van der Waals surface area contributed by atoms with E-state index in [4.69, 9.17) is 5.73 Å². The lowest BCUT2D eigenvalue weighted by atomic mass is 9.95. The topological polar surface area (TPSA) is 43.1 Å². The second kappa shape index (κ2) is 3.54. The number of carbonyl (C=O) groups is 1. The molecule has 1 aromatic carbocycles. The largest absolute Gasteiger partial charge is 0.329 e. The Morgan fingerprint density at radius 3 is 2.43 bits per heavy atom. The van der Waals surface area contributed by atoms with Gasteiger partial charge in [-0.1, -0.05) is 30.3 Å². The summed E-state index contributed by atoms with van der Waals surface area (Å²) in [4.78, 5) is 11.8. The van der Waals surface area contributed by atoms with Crippen molar-refractivity contribution in [2.24, 2.45) is 11.1 Å². The van der Waals surface area contributed by atoms with Gasteiger partial charge >= 0.3 is 0 Å². The number of nitrogens with two attached hydrogens (primary N) is 1. The minimum absolute atomic E-state index is 0.157. The molecule has 0 spiro atoms. The number of hydrogen-bond donors (Lipinski definition) is 1. The van der Waals surface area contributed by atoms with Crippen LogP contribution in [0.1, 0.15) is 18.4 Å². The quantitative estimate of drug-likeness (QED) is 0.780. The Balaban J connectivity index is 2.02. The average Bonchev–Trinajstić information content (AvgIpc) is 3.00. The van der Waals surface area contributed by atoms with Gasteiger partial charge in [0.25, 0.3) is 0 Å². The van der Waals surface area contributed by atoms with Crippen LogP contribution in [0.25, 0.3) is 0 Å². The van der Waals surface area contributed by atoms with Crippen molar-refractivity contribution in [3.63, 3.8) is 0 Å². The van der Waals surface area contributed by atoms with Crippen LogP contribution in [0.15, 0.2) is 30.3 Å². The zero-order valence-corrected chi connectivity index (χ0v) is 8.20. The molecule has 2 heteroatoms. The van der Waals surface area contributed by atoms with Crippen molar-refractivity contribution in [1.82, 2.24) is 0 Å². The third kappa shape index (κ3) is 1.70. The SMILES string of the molecule is NCC1(C(=O)Cc2ccccc2)CC1. The lowest BCUT2D eigenvalue weighted by Crippen LogP contribution is -2.26. The van der Waals surface area contributed by atoms with Crippen molar-refractivity contribution in [2.45, 2.75) is 19.3 Å². The van der Waals surface area contributed by atoms with E-state index in [9.17, 15) is 4.79 Å². The minimum Gasteiger partial charge on any atom is -0.329 e. The first-order chi connectivity index (χ1) is 6.77. The number of carbonyl (C=O) groups excluding carboxylic acids is 1. The predicted molar refractivity (Wildman–Crippen MR) is 55.9 cm³/mol. The van der Waals surface area contributed by atoms with Crippen LogP contribution in [-0.4, -0.2) is 12.3 Å². The van der Waals surface area contributed by atoms with Crippen LogP contribution in [0.4, 0.5) is 0 Å². The number of benzene rings is 1. The third-order valence-corrected chi connectivity index (χ3v) is 3.04. The summed E-state index contributed by atoms with van der Waals surface area (Å²) in [7, 11) is 0. The highest BCUT2D eigenvalue weighted by Gasteiger charge is 2.47. The van der Waals surface area contributed by atoms with E-state index in [1.54, 1.807) is 0 Å². The van der Waals surface area contributed by atoms with Gasteiger partial charge in [0, 0.05) is 18.4 Å². The first kappa shape index (κ1) is 9.41. The van der Waals surface area contributed by atoms with Crippen molar-refractivity contribution < 1.29 is 4.79 Å². The Bertz CT molecular complexity index is 327. The molecule has 74 valence electrons. The van der Waals surface area contributed by atoms with E-state index in [1.807, 2.05) is 30.3 Å². The van der Waals surface area contributed by atoms with Crippen LogP contribution < -0.4 is 5.73 Å². The lowest BCUT2D eigenvalue weighted by Gasteiger charge is -2.10. The highest BCUT2D eigenvalue weighted by atomic mass is 16.1. The van der Waals surface area contributed by atoms with Crippen LogP contribution in [-0.2, 0) is 11.2 Å². The van der Waals surface area contributed by atoms with E-state index in [0.717, 1.165) is 18.4 Å². The van der Waals surface area contributed by atoms with Gasteiger partial charge in [-0.25, -0.2) is 0 Å². The Labute approximate surface area is 84.1 Å². The first-order valence-corrected chi connectivity index (χ1v) is 5.04. The number of ketones is 1. The average molecular weight is 189 g/mol. The van der Waals surface area contributed by atoms with Gasteiger partial charge in [0.15, 0.2) is 0 Å². The Hall–Kier alpha value is -1.15. The smallest absolute Gasteiger partial charge is 0.144 e. The highest BCUT2D eigenvalue weighted by molar-refractivity contribution is 5.89. The molecule has 2 nitrogen and oxygen atoms in total. The summed E-state index contributed by atoms with van der Waals surface area (Å²) >= 11 is 0. The highest BCUT2D eigenvalue weighted by Crippen LogP contribution is 2.45. The van der Waals surface area contributed by atoms with Gasteiger partial charge in [0.1, 0.15) is 5.78 Å². The summed E-state index contributed by atoms with van der Waals surface area (Å²) in [5.41, 5.74) is 6.54. The summed E-state index contributed by atoms with van der Waals surface area (Å²) in [5, 5.41) is 0. The van der Waals surface area contributed by atoms with Gasteiger partial charge < -0.3 is 5.73 Å². The molecule has 0 saturated heterocycles. The van der Waals surface area contributed by atoms with E-state index < -0.39 is 0 Å². The number of Topliss-reactive ketones (excluding diaryl/α,β-unsaturated/α-hetero) is 1. The maximum absolute atomic E-state index is 11.8. The lowest BCUT2D eigenvalue weighted by molar-refractivity contribution is -0.123. The molecule has 1 aliphatic carbocycles. The van der Waals surface area contributed by atoms with Crippen molar-refractivity contribution in [1.29, 1.82) is 0 Å². The molecule has 1 aliphatic rings. The monoisotopic (exact) mass is 189 g/mol. The third-order valence-electron chi connectivity index (χ3n) is 3.04. The molecule has 14 heavy (non-hydrogen) atoms. The molecular weight excluding hydrogens is 174 g/mol. The Morgan fingerprint density at radius 2 is 1.93 bits per heavy atom. The minimum atomic E-state index is -0.157. The standard InChI is InChI=1S/C12H15NO/c13-9-12(6-7-12)11(14)8-10-4-2-1-3-5-10/h1-5H,6-9,13H2. The summed E-state index contributed by atoms with van der Waals surface area (Å²) in [6.45, 7) is 0.513. The van der Waals surface area contributed by atoms with Gasteiger partial charge in [-0.2, -0.15) is 0 Å². The first-order valence-electron chi connectivity index (χ1n) is 5.04. The molecule has 0 radical (unpaired) electrons. The van der Waals surface area contributed by atoms with Crippen LogP contribution in [0, 0.1) is 5.41 Å². The molecule has 0 unspecified atom stereocenters. The normalized spacial score (nSPS) is 17.8. The predicted octanol–water partition coefficient (Wildman–Crippen LogP) is 1.54. The van der Waals surface area contributed by atoms with Crippen LogP contribution in [0.2, 0.25) is 0 Å². The zero-order chi connectivity index (χ0) is 10.0. The van der Waals surface area contributed by atoms with Crippen LogP contribution in [0.5, 0.6) is 0 Å². The zero-order valence-electron chi connectivity index (χ0n) is 8.20. The Kier molecular flexibility index (Phi) is 2.38. The molecule has 2 N–H and O–H groups in total. The Morgan fingerprint density at radius 1 is 1.29 bits per heavy atom. The second-order valence-corrected chi connectivity index (χ2v) is 4.07. The summed E-state index contributed by atoms with van der Waals surface area (Å²) in [6.07, 6.45) is 2.50. The molecule has 0 atom stereocenters. The van der Waals surface area contributed by atoms with Crippen molar-refractivity contribution >= 4 is 5.78 Å². The molecule has 0 heterocycles. The van der Waals surface area contributed by atoms with E-state index in [2.05, 4.69) is 0 Å². The molecular formula is C12H15NO. The molecule has 1 aromatic rings. The van der Waals surface area contributed by atoms with Crippen molar-refractivity contribution in [3.05, 3.63) is 35.9 Å². The molecule has 0 bridgehead atoms. The summed E-state index contributed by atoms with van der Waals surface area (Å²) in [5.74, 6) is 0.311. The number of rotatable bonds is 4. The fourth-order valence-electron chi connectivity index (χ4n) is 1.72. The maximum atomic E-state index is 11.8. The van der Waals surface area contributed by atoms with Gasteiger partial charge in [-0.15, -0.1) is 0 Å². The van der Waals surface area contributed by atoms with Gasteiger partial charge in [0.05, 0.1) is 0 Å². The van der Waals surface area contributed by atoms with Crippen LogP contribution in [0.3, 0.4) is 0 Å². The van der Waals surface area contributed by atoms with Gasteiger partial charge in [-0.3, -0.25) is 4.79 Å². The fraction of sp³-hybridized carbons (Fsp3) is 0.417. The van der Waals surface area contributed by atoms with Gasteiger partial charge in [-0.05, 0) is 18.4 Å².